The molecule has 4 atom stereocenters. The Labute approximate surface area is 142 Å². The number of nitrogens with zero attached hydrogens (tertiary/aromatic N) is 1. The van der Waals surface area contributed by atoms with Crippen LogP contribution in [0.1, 0.15) is 34.1 Å². The average Bonchev–Trinajstić information content (AvgIpc) is 3.06. The van der Waals surface area contributed by atoms with Crippen molar-refractivity contribution in [1.29, 1.82) is 0 Å². The van der Waals surface area contributed by atoms with E-state index in [1.54, 1.807) is 13.8 Å². The highest BCUT2D eigenvalue weighted by Gasteiger charge is 2.47. The van der Waals surface area contributed by atoms with Crippen LogP contribution < -0.4 is 0 Å². The molecule has 2 aliphatic rings. The second-order valence-electron chi connectivity index (χ2n) is 6.89. The first-order valence-corrected chi connectivity index (χ1v) is 8.35. The molecule has 0 aromatic heterocycles. The van der Waals surface area contributed by atoms with Gasteiger partial charge in [0.05, 0.1) is 12.1 Å². The lowest BCUT2D eigenvalue weighted by Gasteiger charge is -2.32. The smallest absolute Gasteiger partial charge is 0.341 e. The fourth-order valence-corrected chi connectivity index (χ4v) is 3.49. The van der Waals surface area contributed by atoms with Crippen LogP contribution in [-0.4, -0.2) is 70.6 Å². The van der Waals surface area contributed by atoms with Crippen LogP contribution in [0.5, 0.6) is 0 Å². The third-order valence-corrected chi connectivity index (χ3v) is 4.95. The van der Waals surface area contributed by atoms with E-state index in [9.17, 15) is 19.8 Å². The Kier molecular flexibility index (Phi) is 5.67. The predicted molar refractivity (Wildman–Crippen MR) is 86.0 cm³/mol. The van der Waals surface area contributed by atoms with Gasteiger partial charge in [0.1, 0.15) is 12.7 Å². The molecule has 24 heavy (non-hydrogen) atoms. The van der Waals surface area contributed by atoms with Gasteiger partial charge in [0, 0.05) is 20.0 Å². The van der Waals surface area contributed by atoms with Crippen molar-refractivity contribution < 1.29 is 29.3 Å². The fraction of sp³-hybridized carbons (Fsp3) is 0.765. The van der Waals surface area contributed by atoms with Crippen molar-refractivity contribution in [3.63, 3.8) is 0 Å². The Bertz CT molecular complexity index is 519. The fourth-order valence-electron chi connectivity index (χ4n) is 3.49. The van der Waals surface area contributed by atoms with E-state index in [2.05, 4.69) is 4.90 Å². The number of fused-ring (bicyclic) bond motifs is 1. The average molecular weight is 341 g/mol. The summed E-state index contributed by atoms with van der Waals surface area (Å²) in [5, 5.41) is 20.2. The van der Waals surface area contributed by atoms with E-state index in [0.29, 0.717) is 0 Å². The maximum atomic E-state index is 12.3. The third-order valence-electron chi connectivity index (χ3n) is 4.95. The molecule has 136 valence electrons. The molecule has 0 aliphatic carbocycles. The molecule has 1 fully saturated rings. The molecule has 0 saturated carbocycles. The van der Waals surface area contributed by atoms with Crippen LogP contribution in [0, 0.1) is 5.92 Å². The molecular formula is C17H27NO6. The van der Waals surface area contributed by atoms with Crippen molar-refractivity contribution in [1.82, 2.24) is 4.90 Å². The molecule has 0 aromatic carbocycles. The maximum absolute atomic E-state index is 12.3. The van der Waals surface area contributed by atoms with Gasteiger partial charge in [0.15, 0.2) is 5.60 Å². The maximum Gasteiger partial charge on any atom is 0.341 e. The second kappa shape index (κ2) is 7.21. The number of ether oxygens (including phenoxy) is 2. The SMILES string of the molecule is CC(=O)O[C@@H]1CCN2CC=C(COC(=O)C(O)(C(C)C)[C@H](C)O)C12. The summed E-state index contributed by atoms with van der Waals surface area (Å²) < 4.78 is 10.6. The van der Waals surface area contributed by atoms with Crippen LogP contribution >= 0.6 is 0 Å². The summed E-state index contributed by atoms with van der Waals surface area (Å²) in [6.45, 7) is 7.61. The lowest BCUT2D eigenvalue weighted by atomic mass is 9.85. The van der Waals surface area contributed by atoms with Crippen LogP contribution in [0.3, 0.4) is 0 Å². The molecule has 2 aliphatic heterocycles. The first kappa shape index (κ1) is 18.9. The molecule has 1 saturated heterocycles. The van der Waals surface area contributed by atoms with Gasteiger partial charge in [-0.15, -0.1) is 0 Å². The van der Waals surface area contributed by atoms with Gasteiger partial charge in [-0.3, -0.25) is 9.69 Å². The Balaban J connectivity index is 2.01. The van der Waals surface area contributed by atoms with Gasteiger partial charge in [-0.25, -0.2) is 4.79 Å². The Hall–Kier alpha value is -1.44. The predicted octanol–water partition coefficient (Wildman–Crippen LogP) is 0.244. The molecule has 0 bridgehead atoms. The molecule has 0 spiro atoms. The van der Waals surface area contributed by atoms with Crippen LogP contribution in [0.15, 0.2) is 11.6 Å². The normalized spacial score (nSPS) is 27.4. The van der Waals surface area contributed by atoms with E-state index in [4.69, 9.17) is 9.47 Å². The van der Waals surface area contributed by atoms with Gasteiger partial charge in [-0.1, -0.05) is 19.9 Å². The summed E-state index contributed by atoms with van der Waals surface area (Å²) in [7, 11) is 0. The first-order valence-electron chi connectivity index (χ1n) is 8.35. The van der Waals surface area contributed by atoms with E-state index in [1.165, 1.54) is 13.8 Å². The number of rotatable bonds is 6. The minimum atomic E-state index is -1.94. The molecular weight excluding hydrogens is 314 g/mol. The second-order valence-corrected chi connectivity index (χ2v) is 6.89. The molecule has 2 heterocycles. The zero-order valence-corrected chi connectivity index (χ0v) is 14.7. The largest absolute Gasteiger partial charge is 0.460 e. The standard InChI is InChI=1S/C17H27NO6/c1-10(2)17(22,11(3)19)16(21)23-9-13-5-7-18-8-6-14(15(13)18)24-12(4)20/h5,10-11,14-15,19,22H,6-9H2,1-4H3/t11-,14+,15?,17?/m0/s1. The minimum Gasteiger partial charge on any atom is -0.460 e. The van der Waals surface area contributed by atoms with Gasteiger partial charge >= 0.3 is 11.9 Å². The van der Waals surface area contributed by atoms with E-state index in [0.717, 1.165) is 25.1 Å². The minimum absolute atomic E-state index is 0.0134. The third kappa shape index (κ3) is 3.48. The highest BCUT2D eigenvalue weighted by Crippen LogP contribution is 2.32. The molecule has 2 unspecified atom stereocenters. The van der Waals surface area contributed by atoms with Crippen LogP contribution in [0.4, 0.5) is 0 Å². The molecule has 2 rings (SSSR count). The van der Waals surface area contributed by atoms with Gasteiger partial charge in [0.2, 0.25) is 0 Å². The number of aliphatic hydroxyl groups excluding tert-OH is 1. The van der Waals surface area contributed by atoms with Crippen molar-refractivity contribution in [2.45, 2.75) is 58.0 Å². The number of carbonyl (C=O) groups excluding carboxylic acids is 2. The number of esters is 2. The van der Waals surface area contributed by atoms with Crippen molar-refractivity contribution >= 4 is 11.9 Å². The van der Waals surface area contributed by atoms with Gasteiger partial charge < -0.3 is 19.7 Å². The monoisotopic (exact) mass is 341 g/mol. The molecule has 0 radical (unpaired) electrons. The molecule has 0 amide bonds. The van der Waals surface area contributed by atoms with Crippen LogP contribution in [-0.2, 0) is 19.1 Å². The summed E-state index contributed by atoms with van der Waals surface area (Å²) in [5.41, 5.74) is -1.08. The van der Waals surface area contributed by atoms with Crippen molar-refractivity contribution in [2.75, 3.05) is 19.7 Å². The van der Waals surface area contributed by atoms with E-state index >= 15 is 0 Å². The summed E-state index contributed by atoms with van der Waals surface area (Å²) in [4.78, 5) is 25.7. The van der Waals surface area contributed by atoms with Gasteiger partial charge in [-0.2, -0.15) is 0 Å². The number of hydrogen-bond donors (Lipinski definition) is 2. The topological polar surface area (TPSA) is 96.3 Å². The summed E-state index contributed by atoms with van der Waals surface area (Å²) >= 11 is 0. The molecule has 7 nitrogen and oxygen atoms in total. The van der Waals surface area contributed by atoms with E-state index < -0.39 is 23.6 Å². The number of hydrogen-bond acceptors (Lipinski definition) is 7. The van der Waals surface area contributed by atoms with Crippen molar-refractivity contribution in [3.8, 4) is 0 Å². The summed E-state index contributed by atoms with van der Waals surface area (Å²) in [6.07, 6.45) is 1.24. The highest BCUT2D eigenvalue weighted by molar-refractivity contribution is 5.80. The Morgan fingerprint density at radius 1 is 1.42 bits per heavy atom. The zero-order valence-electron chi connectivity index (χ0n) is 14.7. The lowest BCUT2D eigenvalue weighted by molar-refractivity contribution is -0.184. The van der Waals surface area contributed by atoms with E-state index in [-0.39, 0.29) is 24.7 Å². The van der Waals surface area contributed by atoms with E-state index in [1.807, 2.05) is 6.08 Å². The molecule has 2 N–H and O–H groups in total. The molecule has 0 aromatic rings. The summed E-state index contributed by atoms with van der Waals surface area (Å²) in [6, 6.07) is -0.0830. The van der Waals surface area contributed by atoms with Crippen LogP contribution in [0.25, 0.3) is 0 Å². The number of carbonyl (C=O) groups is 2. The van der Waals surface area contributed by atoms with Crippen molar-refractivity contribution in [3.05, 3.63) is 11.6 Å². The molecule has 7 heteroatoms. The summed E-state index contributed by atoms with van der Waals surface area (Å²) in [5.74, 6) is -1.65. The van der Waals surface area contributed by atoms with Gasteiger partial charge in [0.25, 0.3) is 0 Å². The highest BCUT2D eigenvalue weighted by atomic mass is 16.6. The Morgan fingerprint density at radius 2 is 2.08 bits per heavy atom. The quantitative estimate of drug-likeness (QED) is 0.528. The zero-order chi connectivity index (χ0) is 18.1. The van der Waals surface area contributed by atoms with Gasteiger partial charge in [-0.05, 0) is 24.8 Å². The van der Waals surface area contributed by atoms with Crippen LogP contribution in [0.2, 0.25) is 0 Å². The first-order chi connectivity index (χ1) is 11.2. The number of aliphatic hydroxyl groups is 2. The van der Waals surface area contributed by atoms with Crippen molar-refractivity contribution in [2.24, 2.45) is 5.92 Å². The Morgan fingerprint density at radius 3 is 2.62 bits per heavy atom. The lowest BCUT2D eigenvalue weighted by Crippen LogP contribution is -2.53.